The molecule has 0 fully saturated rings. The molecule has 1 aromatic rings. The molecule has 0 spiro atoms. The van der Waals surface area contributed by atoms with Crippen LogP contribution in [-0.4, -0.2) is 46.3 Å². The maximum Gasteiger partial charge on any atom is 0.352 e. The normalized spacial score (nSPS) is 13.5. The van der Waals surface area contributed by atoms with Crippen LogP contribution in [-0.2, 0) is 13.6 Å². The number of hydrogen-bond donors (Lipinski definition) is 0. The van der Waals surface area contributed by atoms with Gasteiger partial charge < -0.3 is 13.9 Å². The van der Waals surface area contributed by atoms with Crippen LogP contribution in [0.25, 0.3) is 0 Å². The quantitative estimate of drug-likeness (QED) is 0.686. The predicted octanol–water partition coefficient (Wildman–Crippen LogP) is 3.58. The largest absolute Gasteiger partial charge is 0.378 e. The lowest BCUT2D eigenvalue weighted by Crippen LogP contribution is -2.22. The third-order valence-electron chi connectivity index (χ3n) is 3.11. The van der Waals surface area contributed by atoms with E-state index in [1.165, 1.54) is 0 Å². The van der Waals surface area contributed by atoms with Gasteiger partial charge in [0.25, 0.3) is 0 Å². The Morgan fingerprint density at radius 1 is 1.00 bits per heavy atom. The van der Waals surface area contributed by atoms with Crippen molar-refractivity contribution in [2.75, 3.05) is 46.3 Å². The summed E-state index contributed by atoms with van der Waals surface area (Å²) in [5.74, 6) is -0.409. The highest BCUT2D eigenvalue weighted by atomic mass is 31.2. The lowest BCUT2D eigenvalue weighted by Gasteiger charge is -2.31. The molecule has 0 aliphatic rings. The molecule has 1 aromatic carbocycles. The van der Waals surface area contributed by atoms with Gasteiger partial charge in [0.2, 0.25) is 0 Å². The number of rotatable bonds is 8. The second kappa shape index (κ2) is 7.95. The number of hydrogen-bond acceptors (Lipinski definition) is 5. The minimum absolute atomic E-state index is 0.359. The fourth-order valence-corrected chi connectivity index (χ4v) is 4.43. The van der Waals surface area contributed by atoms with Gasteiger partial charge in [0.15, 0.2) is 0 Å². The molecule has 0 radical (unpaired) electrons. The Balaban J connectivity index is 3.18. The summed E-state index contributed by atoms with van der Waals surface area (Å²) in [5.41, 5.74) is 2.02. The summed E-state index contributed by atoms with van der Waals surface area (Å²) in [5, 5.41) is 0. The number of anilines is 1. The molecule has 1 rings (SSSR count). The van der Waals surface area contributed by atoms with Crippen LogP contribution < -0.4 is 4.90 Å². The highest BCUT2D eigenvalue weighted by Gasteiger charge is 2.38. The van der Waals surface area contributed by atoms with Gasteiger partial charge in [0.05, 0.1) is 13.2 Å². The monoisotopic (exact) mass is 314 g/mol. The highest BCUT2D eigenvalue weighted by Crippen LogP contribution is 2.61. The number of benzene rings is 1. The third kappa shape index (κ3) is 4.55. The molecule has 1 atom stereocenters. The Morgan fingerprint density at radius 2 is 1.48 bits per heavy atom. The molecule has 6 heteroatoms. The molecule has 21 heavy (non-hydrogen) atoms. The van der Waals surface area contributed by atoms with E-state index in [4.69, 9.17) is 9.05 Å². The summed E-state index contributed by atoms with van der Waals surface area (Å²) in [4.78, 5) is 3.91. The van der Waals surface area contributed by atoms with E-state index in [9.17, 15) is 4.57 Å². The van der Waals surface area contributed by atoms with Gasteiger partial charge in [-0.25, -0.2) is 0 Å². The minimum Gasteiger partial charge on any atom is -0.378 e. The summed E-state index contributed by atoms with van der Waals surface area (Å²) < 4.78 is 24.1. The van der Waals surface area contributed by atoms with Crippen molar-refractivity contribution in [3.05, 3.63) is 29.8 Å². The SMILES string of the molecule is CCOP(=O)(OCC)C(c1ccc(N(C)C)cc1)N(C)C. The van der Waals surface area contributed by atoms with E-state index in [0.717, 1.165) is 11.3 Å². The topological polar surface area (TPSA) is 42.0 Å². The zero-order chi connectivity index (χ0) is 16.0. The van der Waals surface area contributed by atoms with Crippen LogP contribution in [0, 0.1) is 0 Å². The molecule has 0 aromatic heterocycles. The summed E-state index contributed by atoms with van der Waals surface area (Å²) in [7, 11) is 4.51. The Labute approximate surface area is 128 Å². The van der Waals surface area contributed by atoms with Gasteiger partial charge in [-0.05, 0) is 45.6 Å². The smallest absolute Gasteiger partial charge is 0.352 e. The van der Waals surface area contributed by atoms with Crippen LogP contribution in [0.2, 0.25) is 0 Å². The lowest BCUT2D eigenvalue weighted by molar-refractivity contribution is 0.187. The maximum atomic E-state index is 13.1. The molecule has 0 aliphatic heterocycles. The molecule has 5 nitrogen and oxygen atoms in total. The number of nitrogens with zero attached hydrogens (tertiary/aromatic N) is 2. The standard InChI is InChI=1S/C15H27N2O3P/c1-7-19-21(18,20-8-2)15(17(5)6)13-9-11-14(12-10-13)16(3)4/h9-12,15H,7-8H2,1-6H3. The highest BCUT2D eigenvalue weighted by molar-refractivity contribution is 7.54. The van der Waals surface area contributed by atoms with Crippen molar-refractivity contribution >= 4 is 13.3 Å². The molecule has 1 unspecified atom stereocenters. The van der Waals surface area contributed by atoms with Gasteiger partial charge in [0.1, 0.15) is 5.78 Å². The van der Waals surface area contributed by atoms with Crippen LogP contribution >= 0.6 is 7.60 Å². The fourth-order valence-electron chi connectivity index (χ4n) is 2.25. The van der Waals surface area contributed by atoms with Crippen molar-refractivity contribution in [2.45, 2.75) is 19.6 Å². The van der Waals surface area contributed by atoms with E-state index in [1.54, 1.807) is 0 Å². The predicted molar refractivity (Wildman–Crippen MR) is 88.1 cm³/mol. The third-order valence-corrected chi connectivity index (χ3v) is 5.71. The van der Waals surface area contributed by atoms with Crippen LogP contribution in [0.3, 0.4) is 0 Å². The van der Waals surface area contributed by atoms with Crippen LogP contribution in [0.1, 0.15) is 25.2 Å². The van der Waals surface area contributed by atoms with E-state index < -0.39 is 13.4 Å². The average Bonchev–Trinajstić information content (AvgIpc) is 2.39. The Bertz CT molecular complexity index is 464. The summed E-state index contributed by atoms with van der Waals surface area (Å²) in [6.45, 7) is 4.37. The lowest BCUT2D eigenvalue weighted by atomic mass is 10.2. The molecule has 0 heterocycles. The first-order valence-corrected chi connectivity index (χ1v) is 8.79. The summed E-state index contributed by atoms with van der Waals surface area (Å²) in [6, 6.07) is 7.97. The Hall–Kier alpha value is -0.870. The van der Waals surface area contributed by atoms with Crippen molar-refractivity contribution in [1.82, 2.24) is 4.90 Å². The van der Waals surface area contributed by atoms with Crippen LogP contribution in [0.4, 0.5) is 5.69 Å². The van der Waals surface area contributed by atoms with Crippen molar-refractivity contribution < 1.29 is 13.6 Å². The zero-order valence-corrected chi connectivity index (χ0v) is 14.8. The van der Waals surface area contributed by atoms with Gasteiger partial charge in [-0.3, -0.25) is 9.46 Å². The molecule has 120 valence electrons. The zero-order valence-electron chi connectivity index (χ0n) is 13.9. The fraction of sp³-hybridized carbons (Fsp3) is 0.600. The first-order chi connectivity index (χ1) is 9.85. The van der Waals surface area contributed by atoms with E-state index in [2.05, 4.69) is 0 Å². The van der Waals surface area contributed by atoms with Gasteiger partial charge in [0, 0.05) is 19.8 Å². The summed E-state index contributed by atoms with van der Waals surface area (Å²) in [6.07, 6.45) is 0. The van der Waals surface area contributed by atoms with Crippen LogP contribution in [0.5, 0.6) is 0 Å². The van der Waals surface area contributed by atoms with E-state index in [1.807, 2.05) is 76.1 Å². The van der Waals surface area contributed by atoms with Crippen LogP contribution in [0.15, 0.2) is 24.3 Å². The summed E-state index contributed by atoms with van der Waals surface area (Å²) >= 11 is 0. The average molecular weight is 314 g/mol. The Kier molecular flexibility index (Phi) is 6.88. The second-order valence-electron chi connectivity index (χ2n) is 5.20. The van der Waals surface area contributed by atoms with Gasteiger partial charge in [-0.1, -0.05) is 12.1 Å². The van der Waals surface area contributed by atoms with Crippen molar-refractivity contribution in [1.29, 1.82) is 0 Å². The Morgan fingerprint density at radius 3 is 1.81 bits per heavy atom. The molecule has 0 amide bonds. The maximum absolute atomic E-state index is 13.1. The molecule has 0 saturated carbocycles. The van der Waals surface area contributed by atoms with Gasteiger partial charge in [-0.2, -0.15) is 0 Å². The molecule has 0 saturated heterocycles. The van der Waals surface area contributed by atoms with Gasteiger partial charge in [-0.15, -0.1) is 0 Å². The molecule has 0 N–H and O–H groups in total. The van der Waals surface area contributed by atoms with E-state index >= 15 is 0 Å². The van der Waals surface area contributed by atoms with Crippen molar-refractivity contribution in [3.63, 3.8) is 0 Å². The molecule has 0 aliphatic carbocycles. The van der Waals surface area contributed by atoms with Crippen molar-refractivity contribution in [3.8, 4) is 0 Å². The first-order valence-electron chi connectivity index (χ1n) is 7.18. The molecular weight excluding hydrogens is 287 g/mol. The first kappa shape index (κ1) is 18.2. The van der Waals surface area contributed by atoms with E-state index in [-0.39, 0.29) is 0 Å². The second-order valence-corrected chi connectivity index (χ2v) is 7.28. The molecular formula is C15H27N2O3P. The van der Waals surface area contributed by atoms with Crippen molar-refractivity contribution in [2.24, 2.45) is 0 Å². The van der Waals surface area contributed by atoms with Gasteiger partial charge >= 0.3 is 7.60 Å². The molecule has 0 bridgehead atoms. The minimum atomic E-state index is -3.23. The van der Waals surface area contributed by atoms with E-state index in [0.29, 0.717) is 13.2 Å².